The number of hydrogen-bond acceptors (Lipinski definition) is 1. The number of hydrogen-bond donors (Lipinski definition) is 0. The lowest BCUT2D eigenvalue weighted by atomic mass is 10.1. The molecule has 0 heterocycles. The van der Waals surface area contributed by atoms with Gasteiger partial charge in [-0.25, -0.2) is 0 Å². The summed E-state index contributed by atoms with van der Waals surface area (Å²) >= 11 is 0. The highest BCUT2D eigenvalue weighted by Crippen LogP contribution is 2.08. The van der Waals surface area contributed by atoms with Gasteiger partial charge in [0.15, 0.2) is 0 Å². The molecule has 0 aliphatic heterocycles. The van der Waals surface area contributed by atoms with Crippen molar-refractivity contribution in [3.8, 4) is 0 Å². The van der Waals surface area contributed by atoms with E-state index in [9.17, 15) is 0 Å². The molecule has 0 aromatic carbocycles. The van der Waals surface area contributed by atoms with Crippen LogP contribution >= 0.6 is 0 Å². The van der Waals surface area contributed by atoms with Gasteiger partial charge in [-0.15, -0.1) is 0 Å². The SMILES string of the molecule is C=NCC(=C)CCCCCC. The summed E-state index contributed by atoms with van der Waals surface area (Å²) in [4.78, 5) is 3.78. The van der Waals surface area contributed by atoms with Crippen molar-refractivity contribution in [1.82, 2.24) is 0 Å². The van der Waals surface area contributed by atoms with E-state index in [-0.39, 0.29) is 0 Å². The van der Waals surface area contributed by atoms with Crippen LogP contribution in [0.1, 0.15) is 39.0 Å². The monoisotopic (exact) mass is 153 g/mol. The van der Waals surface area contributed by atoms with Crippen molar-refractivity contribution in [1.29, 1.82) is 0 Å². The minimum absolute atomic E-state index is 0.742. The van der Waals surface area contributed by atoms with Crippen molar-refractivity contribution in [3.05, 3.63) is 12.2 Å². The zero-order valence-corrected chi connectivity index (χ0v) is 7.60. The first-order chi connectivity index (χ1) is 5.31. The molecule has 0 saturated heterocycles. The molecule has 0 aromatic rings. The number of unbranched alkanes of at least 4 members (excludes halogenated alkanes) is 3. The van der Waals surface area contributed by atoms with E-state index in [0.717, 1.165) is 13.0 Å². The molecule has 0 aromatic heterocycles. The fraction of sp³-hybridized carbons (Fsp3) is 0.700. The summed E-state index contributed by atoms with van der Waals surface area (Å²) in [6.45, 7) is 10.3. The Morgan fingerprint density at radius 2 is 2.00 bits per heavy atom. The first kappa shape index (κ1) is 10.4. The van der Waals surface area contributed by atoms with Gasteiger partial charge in [0.1, 0.15) is 0 Å². The molecule has 1 heteroatoms. The van der Waals surface area contributed by atoms with Crippen LogP contribution in [0.4, 0.5) is 0 Å². The Morgan fingerprint density at radius 1 is 1.27 bits per heavy atom. The molecule has 1 nitrogen and oxygen atoms in total. The highest BCUT2D eigenvalue weighted by Gasteiger charge is 1.91. The lowest BCUT2D eigenvalue weighted by Crippen LogP contribution is -1.86. The Kier molecular flexibility index (Phi) is 7.11. The Hall–Kier alpha value is -0.590. The predicted octanol–water partition coefficient (Wildman–Crippen LogP) is 3.21. The highest BCUT2D eigenvalue weighted by atomic mass is 14.7. The quantitative estimate of drug-likeness (QED) is 0.302. The van der Waals surface area contributed by atoms with Gasteiger partial charge in [0, 0.05) is 0 Å². The molecule has 0 bridgehead atoms. The second-order valence-electron chi connectivity index (χ2n) is 2.94. The van der Waals surface area contributed by atoms with E-state index in [1.807, 2.05) is 0 Å². The molecule has 0 radical (unpaired) electrons. The first-order valence-corrected chi connectivity index (χ1v) is 4.40. The summed E-state index contributed by atoms with van der Waals surface area (Å²) in [7, 11) is 0. The molecule has 0 amide bonds. The first-order valence-electron chi connectivity index (χ1n) is 4.40. The van der Waals surface area contributed by atoms with E-state index < -0.39 is 0 Å². The van der Waals surface area contributed by atoms with Crippen LogP contribution in [0.2, 0.25) is 0 Å². The molecule has 0 aliphatic rings. The van der Waals surface area contributed by atoms with Crippen LogP contribution in [0.25, 0.3) is 0 Å². The van der Waals surface area contributed by atoms with Crippen LogP contribution in [0, 0.1) is 0 Å². The third-order valence-corrected chi connectivity index (χ3v) is 1.72. The zero-order valence-electron chi connectivity index (χ0n) is 7.60. The number of aliphatic imine (C=N–C) groups is 1. The van der Waals surface area contributed by atoms with Crippen molar-refractivity contribution < 1.29 is 0 Å². The number of nitrogens with zero attached hydrogens (tertiary/aromatic N) is 1. The summed E-state index contributed by atoms with van der Waals surface area (Å²) in [6.07, 6.45) is 6.36. The molecule has 0 N–H and O–H groups in total. The lowest BCUT2D eigenvalue weighted by Gasteiger charge is -2.00. The van der Waals surface area contributed by atoms with E-state index in [0.29, 0.717) is 0 Å². The molecule has 0 saturated carbocycles. The maximum absolute atomic E-state index is 3.91. The average molecular weight is 153 g/mol. The van der Waals surface area contributed by atoms with Gasteiger partial charge in [0.05, 0.1) is 6.54 Å². The molecule has 0 aliphatic carbocycles. The number of rotatable bonds is 7. The molecule has 0 spiro atoms. The van der Waals surface area contributed by atoms with Gasteiger partial charge in [-0.3, -0.25) is 4.99 Å². The standard InChI is InChI=1S/C10H19N/c1-4-5-6-7-8-10(2)9-11-3/h2-9H2,1H3. The van der Waals surface area contributed by atoms with Crippen molar-refractivity contribution in [2.24, 2.45) is 4.99 Å². The third-order valence-electron chi connectivity index (χ3n) is 1.72. The van der Waals surface area contributed by atoms with Crippen molar-refractivity contribution >= 4 is 6.72 Å². The molecule has 0 atom stereocenters. The Bertz CT molecular complexity index is 116. The van der Waals surface area contributed by atoms with Gasteiger partial charge in [0.2, 0.25) is 0 Å². The van der Waals surface area contributed by atoms with Crippen LogP contribution in [0.5, 0.6) is 0 Å². The van der Waals surface area contributed by atoms with Crippen molar-refractivity contribution in [3.63, 3.8) is 0 Å². The van der Waals surface area contributed by atoms with E-state index in [4.69, 9.17) is 0 Å². The van der Waals surface area contributed by atoms with Crippen molar-refractivity contribution in [2.45, 2.75) is 39.0 Å². The third kappa shape index (κ3) is 7.31. The fourth-order valence-corrected chi connectivity index (χ4v) is 1.04. The Balaban J connectivity index is 3.10. The van der Waals surface area contributed by atoms with Gasteiger partial charge >= 0.3 is 0 Å². The second-order valence-corrected chi connectivity index (χ2v) is 2.94. The molecule has 64 valence electrons. The minimum atomic E-state index is 0.742. The molecule has 0 unspecified atom stereocenters. The fourth-order valence-electron chi connectivity index (χ4n) is 1.04. The van der Waals surface area contributed by atoms with E-state index in [1.165, 1.54) is 31.3 Å². The summed E-state index contributed by atoms with van der Waals surface area (Å²) < 4.78 is 0. The smallest absolute Gasteiger partial charge is 0.0589 e. The largest absolute Gasteiger partial charge is 0.297 e. The molecular weight excluding hydrogens is 134 g/mol. The van der Waals surface area contributed by atoms with Crippen LogP contribution < -0.4 is 0 Å². The van der Waals surface area contributed by atoms with E-state index >= 15 is 0 Å². The van der Waals surface area contributed by atoms with E-state index in [1.54, 1.807) is 0 Å². The highest BCUT2D eigenvalue weighted by molar-refractivity contribution is 5.24. The molecular formula is C10H19N. The second kappa shape index (κ2) is 7.52. The summed E-state index contributed by atoms with van der Waals surface area (Å²) in [5.41, 5.74) is 1.22. The topological polar surface area (TPSA) is 12.4 Å². The maximum Gasteiger partial charge on any atom is 0.0589 e. The Labute approximate surface area is 70.2 Å². The van der Waals surface area contributed by atoms with Gasteiger partial charge in [-0.2, -0.15) is 0 Å². The van der Waals surface area contributed by atoms with Crippen LogP contribution in [0.15, 0.2) is 17.1 Å². The Morgan fingerprint density at radius 3 is 2.55 bits per heavy atom. The van der Waals surface area contributed by atoms with Gasteiger partial charge in [-0.1, -0.05) is 38.3 Å². The summed E-state index contributed by atoms with van der Waals surface area (Å²) in [6, 6.07) is 0. The average Bonchev–Trinajstić information content (AvgIpc) is 1.99. The maximum atomic E-state index is 3.91. The van der Waals surface area contributed by atoms with Gasteiger partial charge < -0.3 is 0 Å². The molecule has 11 heavy (non-hydrogen) atoms. The van der Waals surface area contributed by atoms with Crippen LogP contribution in [0.3, 0.4) is 0 Å². The van der Waals surface area contributed by atoms with Gasteiger partial charge in [0.25, 0.3) is 0 Å². The normalized spacial score (nSPS) is 9.55. The summed E-state index contributed by atoms with van der Waals surface area (Å²) in [5.74, 6) is 0. The predicted molar refractivity (Wildman–Crippen MR) is 52.3 cm³/mol. The van der Waals surface area contributed by atoms with Crippen LogP contribution in [-0.4, -0.2) is 13.3 Å². The molecule has 0 fully saturated rings. The lowest BCUT2D eigenvalue weighted by molar-refractivity contribution is 0.661. The van der Waals surface area contributed by atoms with Gasteiger partial charge in [-0.05, 0) is 19.6 Å². The molecule has 0 rings (SSSR count). The minimum Gasteiger partial charge on any atom is -0.297 e. The zero-order chi connectivity index (χ0) is 8.53. The summed E-state index contributed by atoms with van der Waals surface area (Å²) in [5, 5.41) is 0. The van der Waals surface area contributed by atoms with Crippen LogP contribution in [-0.2, 0) is 0 Å². The van der Waals surface area contributed by atoms with E-state index in [2.05, 4.69) is 25.2 Å². The van der Waals surface area contributed by atoms with Crippen molar-refractivity contribution in [2.75, 3.05) is 6.54 Å².